The first-order valence-corrected chi connectivity index (χ1v) is 9.70. The molecule has 1 heterocycles. The van der Waals surface area contributed by atoms with Crippen molar-refractivity contribution in [2.24, 2.45) is 0 Å². The summed E-state index contributed by atoms with van der Waals surface area (Å²) in [4.78, 5) is 36.7. The number of nitrogens with zero attached hydrogens (tertiary/aromatic N) is 2. The number of hydrogen-bond acceptors (Lipinski definition) is 5. The van der Waals surface area contributed by atoms with Gasteiger partial charge in [0.2, 0.25) is 5.91 Å². The molecule has 7 nitrogen and oxygen atoms in total. The highest BCUT2D eigenvalue weighted by Gasteiger charge is 2.40. The van der Waals surface area contributed by atoms with Gasteiger partial charge in [-0.15, -0.1) is 11.8 Å². The van der Waals surface area contributed by atoms with Crippen LogP contribution in [0.2, 0.25) is 0 Å². The van der Waals surface area contributed by atoms with Crippen molar-refractivity contribution in [2.45, 2.75) is 50.5 Å². The minimum atomic E-state index is -1.84. The van der Waals surface area contributed by atoms with E-state index in [1.54, 1.807) is 29.7 Å². The lowest BCUT2D eigenvalue weighted by Gasteiger charge is -2.41. The van der Waals surface area contributed by atoms with E-state index in [-0.39, 0.29) is 17.6 Å². The number of hydrazine groups is 1. The van der Waals surface area contributed by atoms with Gasteiger partial charge in [-0.3, -0.25) is 9.59 Å². The standard InChI is InChI=1S/C19H24N2O5S/c1-3-7-16-18(24)20(10-11-27-16)21(13(2)22)15(17(23)19(25)26)12-14-8-5-4-6-9-14/h4-6,8-11,15-17,23H,3,7,12H2,1-2H3,(H,25,26)/t15-,16?,17?/m0/s1. The minimum Gasteiger partial charge on any atom is -0.479 e. The largest absolute Gasteiger partial charge is 0.479 e. The second-order valence-electron chi connectivity index (χ2n) is 6.29. The molecule has 0 fully saturated rings. The Hall–Kier alpha value is -2.32. The normalized spacial score (nSPS) is 18.9. The van der Waals surface area contributed by atoms with E-state index < -0.39 is 24.0 Å². The molecule has 146 valence electrons. The van der Waals surface area contributed by atoms with Gasteiger partial charge in [0.15, 0.2) is 6.10 Å². The summed E-state index contributed by atoms with van der Waals surface area (Å²) in [5.74, 6) is -2.26. The first-order valence-electron chi connectivity index (χ1n) is 8.76. The molecular weight excluding hydrogens is 368 g/mol. The van der Waals surface area contributed by atoms with Gasteiger partial charge in [-0.2, -0.15) is 0 Å². The highest BCUT2D eigenvalue weighted by atomic mass is 32.2. The molecule has 1 aromatic carbocycles. The zero-order valence-electron chi connectivity index (χ0n) is 15.3. The summed E-state index contributed by atoms with van der Waals surface area (Å²) in [6.07, 6.45) is 1.15. The van der Waals surface area contributed by atoms with Gasteiger partial charge in [0.1, 0.15) is 0 Å². The van der Waals surface area contributed by atoms with Crippen LogP contribution in [0.15, 0.2) is 41.9 Å². The average Bonchev–Trinajstić information content (AvgIpc) is 2.64. The number of aliphatic hydroxyl groups excluding tert-OH is 1. The first kappa shape index (κ1) is 21.0. The third kappa shape index (κ3) is 5.11. The monoisotopic (exact) mass is 392 g/mol. The van der Waals surface area contributed by atoms with Crippen LogP contribution in [-0.4, -0.2) is 55.4 Å². The van der Waals surface area contributed by atoms with Crippen LogP contribution in [-0.2, 0) is 20.8 Å². The van der Waals surface area contributed by atoms with E-state index in [0.29, 0.717) is 6.42 Å². The lowest BCUT2D eigenvalue weighted by molar-refractivity contribution is -0.172. The number of carbonyl (C=O) groups excluding carboxylic acids is 2. The molecule has 2 amide bonds. The molecule has 1 aliphatic rings. The van der Waals surface area contributed by atoms with Crippen molar-refractivity contribution in [1.29, 1.82) is 0 Å². The van der Waals surface area contributed by atoms with Crippen molar-refractivity contribution < 1.29 is 24.6 Å². The van der Waals surface area contributed by atoms with Gasteiger partial charge >= 0.3 is 5.97 Å². The van der Waals surface area contributed by atoms with Crippen LogP contribution in [0.5, 0.6) is 0 Å². The van der Waals surface area contributed by atoms with Crippen LogP contribution in [0.25, 0.3) is 0 Å². The Morgan fingerprint density at radius 2 is 1.96 bits per heavy atom. The fraction of sp³-hybridized carbons (Fsp3) is 0.421. The molecule has 0 bridgehead atoms. The van der Waals surface area contributed by atoms with Crippen molar-refractivity contribution >= 4 is 29.5 Å². The van der Waals surface area contributed by atoms with Crippen molar-refractivity contribution in [3.63, 3.8) is 0 Å². The number of aliphatic carboxylic acids is 1. The highest BCUT2D eigenvalue weighted by molar-refractivity contribution is 8.03. The number of rotatable bonds is 8. The third-order valence-electron chi connectivity index (χ3n) is 4.27. The first-order chi connectivity index (χ1) is 12.9. The van der Waals surface area contributed by atoms with E-state index in [4.69, 9.17) is 0 Å². The van der Waals surface area contributed by atoms with Gasteiger partial charge in [-0.1, -0.05) is 43.7 Å². The molecule has 0 spiro atoms. The molecule has 3 atom stereocenters. The molecule has 2 unspecified atom stereocenters. The number of carbonyl (C=O) groups is 3. The van der Waals surface area contributed by atoms with Gasteiger partial charge in [-0.05, 0) is 23.8 Å². The topological polar surface area (TPSA) is 98.2 Å². The number of benzene rings is 1. The van der Waals surface area contributed by atoms with E-state index in [2.05, 4.69) is 0 Å². The van der Waals surface area contributed by atoms with Crippen LogP contribution >= 0.6 is 11.8 Å². The molecule has 1 aliphatic heterocycles. The zero-order chi connectivity index (χ0) is 20.0. The Bertz CT molecular complexity index is 709. The van der Waals surface area contributed by atoms with Crippen LogP contribution in [0.1, 0.15) is 32.3 Å². The molecule has 27 heavy (non-hydrogen) atoms. The maximum Gasteiger partial charge on any atom is 0.334 e. The van der Waals surface area contributed by atoms with Crippen LogP contribution in [0.4, 0.5) is 0 Å². The fourth-order valence-electron chi connectivity index (χ4n) is 3.00. The maximum atomic E-state index is 12.8. The third-order valence-corrected chi connectivity index (χ3v) is 5.32. The Morgan fingerprint density at radius 3 is 2.52 bits per heavy atom. The lowest BCUT2D eigenvalue weighted by atomic mass is 10.0. The minimum absolute atomic E-state index is 0.0943. The van der Waals surface area contributed by atoms with Gasteiger partial charge < -0.3 is 10.2 Å². The number of carboxylic acid groups (broad SMARTS) is 1. The molecule has 0 aromatic heterocycles. The molecule has 0 radical (unpaired) electrons. The van der Waals surface area contributed by atoms with Crippen molar-refractivity contribution in [2.75, 3.05) is 0 Å². The van der Waals surface area contributed by atoms with Crippen molar-refractivity contribution in [3.8, 4) is 0 Å². The van der Waals surface area contributed by atoms with Crippen LogP contribution < -0.4 is 0 Å². The number of aliphatic hydroxyl groups is 1. The molecule has 0 aliphatic carbocycles. The lowest BCUT2D eigenvalue weighted by Crippen LogP contribution is -2.59. The second-order valence-corrected chi connectivity index (χ2v) is 7.40. The number of amides is 2. The van der Waals surface area contributed by atoms with Gasteiger partial charge in [-0.25, -0.2) is 14.8 Å². The number of carboxylic acids is 1. The predicted octanol–water partition coefficient (Wildman–Crippen LogP) is 2.02. The molecule has 2 rings (SSSR count). The summed E-state index contributed by atoms with van der Waals surface area (Å²) >= 11 is 1.37. The van der Waals surface area contributed by atoms with Crippen molar-refractivity contribution in [1.82, 2.24) is 10.0 Å². The Morgan fingerprint density at radius 1 is 1.30 bits per heavy atom. The molecular formula is C19H24N2O5S. The summed E-state index contributed by atoms with van der Waals surface area (Å²) in [6, 6.07) is 7.83. The van der Waals surface area contributed by atoms with Gasteiger partial charge in [0, 0.05) is 13.1 Å². The van der Waals surface area contributed by atoms with Crippen LogP contribution in [0.3, 0.4) is 0 Å². The van der Waals surface area contributed by atoms with Crippen molar-refractivity contribution in [3.05, 3.63) is 47.5 Å². The summed E-state index contributed by atoms with van der Waals surface area (Å²) in [7, 11) is 0. The van der Waals surface area contributed by atoms with E-state index >= 15 is 0 Å². The molecule has 0 saturated heterocycles. The molecule has 2 N–H and O–H groups in total. The summed E-state index contributed by atoms with van der Waals surface area (Å²) in [5.41, 5.74) is 0.752. The second kappa shape index (κ2) is 9.57. The van der Waals surface area contributed by atoms with E-state index in [0.717, 1.165) is 22.0 Å². The molecule has 0 saturated carbocycles. The number of thioether (sulfide) groups is 1. The summed E-state index contributed by atoms with van der Waals surface area (Å²) < 4.78 is 0. The predicted molar refractivity (Wildman–Crippen MR) is 102 cm³/mol. The van der Waals surface area contributed by atoms with E-state index in [9.17, 15) is 24.6 Å². The van der Waals surface area contributed by atoms with Gasteiger partial charge in [0.25, 0.3) is 5.91 Å². The average molecular weight is 392 g/mol. The van der Waals surface area contributed by atoms with E-state index in [1.807, 2.05) is 13.0 Å². The Labute approximate surface area is 162 Å². The number of hydrogen-bond donors (Lipinski definition) is 2. The quantitative estimate of drug-likeness (QED) is 0.702. The smallest absolute Gasteiger partial charge is 0.334 e. The Balaban J connectivity index is 2.39. The van der Waals surface area contributed by atoms with Crippen LogP contribution in [0, 0.1) is 0 Å². The highest BCUT2D eigenvalue weighted by Crippen LogP contribution is 2.28. The summed E-state index contributed by atoms with van der Waals surface area (Å²) in [5, 5.41) is 23.2. The fourth-order valence-corrected chi connectivity index (χ4v) is 3.97. The molecule has 8 heteroatoms. The summed E-state index contributed by atoms with van der Waals surface area (Å²) in [6.45, 7) is 3.22. The zero-order valence-corrected chi connectivity index (χ0v) is 16.1. The Kier molecular flexibility index (Phi) is 7.44. The SMILES string of the molecule is CCCC1SC=CN(N(C(C)=O)[C@@H](Cc2ccccc2)C(O)C(=O)O)C1=O. The van der Waals surface area contributed by atoms with E-state index in [1.165, 1.54) is 24.9 Å². The maximum absolute atomic E-state index is 12.8. The van der Waals surface area contributed by atoms with Gasteiger partial charge in [0.05, 0.1) is 11.3 Å². The molecule has 1 aromatic rings.